The van der Waals surface area contributed by atoms with Gasteiger partial charge < -0.3 is 9.64 Å². The number of rotatable bonds is 4. The first-order valence-electron chi connectivity index (χ1n) is 7.64. The van der Waals surface area contributed by atoms with Gasteiger partial charge in [0, 0.05) is 36.8 Å². The summed E-state index contributed by atoms with van der Waals surface area (Å²) in [6, 6.07) is 3.79. The Hall–Kier alpha value is -1.69. The molecular weight excluding hydrogens is 296 g/mol. The predicted octanol–water partition coefficient (Wildman–Crippen LogP) is 3.14. The van der Waals surface area contributed by atoms with E-state index in [2.05, 4.69) is 40.9 Å². The summed E-state index contributed by atoms with van der Waals surface area (Å²) < 4.78 is 5.83. The zero-order valence-corrected chi connectivity index (χ0v) is 14.1. The summed E-state index contributed by atoms with van der Waals surface area (Å²) >= 11 is 1.71. The van der Waals surface area contributed by atoms with Crippen LogP contribution >= 0.6 is 11.3 Å². The molecule has 1 saturated heterocycles. The largest absolute Gasteiger partial charge is 0.493 e. The van der Waals surface area contributed by atoms with E-state index in [9.17, 15) is 0 Å². The van der Waals surface area contributed by atoms with Crippen molar-refractivity contribution in [1.29, 1.82) is 0 Å². The lowest BCUT2D eigenvalue weighted by atomic mass is 9.98. The Morgan fingerprint density at radius 3 is 2.73 bits per heavy atom. The van der Waals surface area contributed by atoms with Gasteiger partial charge in [0.25, 0.3) is 0 Å². The van der Waals surface area contributed by atoms with Gasteiger partial charge in [0.2, 0.25) is 5.13 Å². The van der Waals surface area contributed by atoms with Gasteiger partial charge in [-0.2, -0.15) is 0 Å². The van der Waals surface area contributed by atoms with Crippen LogP contribution in [0.3, 0.4) is 0 Å². The molecule has 0 aliphatic carbocycles. The molecule has 1 fully saturated rings. The van der Waals surface area contributed by atoms with Crippen LogP contribution in [0.2, 0.25) is 0 Å². The zero-order valence-electron chi connectivity index (χ0n) is 13.3. The SMILES string of the molecule is CC(C)(C)c1nnc(N2CCC(COc3ccncc3)C2)s1. The molecule has 0 bridgehead atoms. The summed E-state index contributed by atoms with van der Waals surface area (Å²) in [6.45, 7) is 9.28. The average molecular weight is 318 g/mol. The minimum atomic E-state index is 0.0689. The predicted molar refractivity (Wildman–Crippen MR) is 88.7 cm³/mol. The van der Waals surface area contributed by atoms with Gasteiger partial charge in [0.05, 0.1) is 6.61 Å². The van der Waals surface area contributed by atoms with Gasteiger partial charge >= 0.3 is 0 Å². The van der Waals surface area contributed by atoms with Gasteiger partial charge in [-0.25, -0.2) is 0 Å². The molecule has 5 nitrogen and oxygen atoms in total. The normalized spacial score (nSPS) is 18.7. The smallest absolute Gasteiger partial charge is 0.208 e. The second-order valence-corrected chi connectivity index (χ2v) is 7.69. The highest BCUT2D eigenvalue weighted by molar-refractivity contribution is 7.15. The molecule has 1 aliphatic rings. The van der Waals surface area contributed by atoms with Gasteiger partial charge in [0.15, 0.2) is 0 Å². The molecule has 6 heteroatoms. The highest BCUT2D eigenvalue weighted by Crippen LogP contribution is 2.32. The van der Waals surface area contributed by atoms with E-state index in [1.807, 2.05) is 12.1 Å². The Kier molecular flexibility index (Phi) is 4.29. The maximum absolute atomic E-state index is 5.83. The lowest BCUT2D eigenvalue weighted by molar-refractivity contribution is 0.261. The van der Waals surface area contributed by atoms with E-state index >= 15 is 0 Å². The molecule has 0 radical (unpaired) electrons. The van der Waals surface area contributed by atoms with Gasteiger partial charge in [-0.05, 0) is 18.6 Å². The molecule has 22 heavy (non-hydrogen) atoms. The Morgan fingerprint density at radius 1 is 1.27 bits per heavy atom. The standard InChI is InChI=1S/C16H22N4OS/c1-16(2,3)14-18-19-15(22-14)20-9-6-12(10-20)11-21-13-4-7-17-8-5-13/h4-5,7-8,12H,6,9-11H2,1-3H3. The molecule has 0 aromatic carbocycles. The molecule has 1 unspecified atom stereocenters. The maximum atomic E-state index is 5.83. The van der Waals surface area contributed by atoms with Gasteiger partial charge in [0.1, 0.15) is 10.8 Å². The maximum Gasteiger partial charge on any atom is 0.208 e. The molecule has 2 aromatic heterocycles. The lowest BCUT2D eigenvalue weighted by Gasteiger charge is -2.15. The van der Waals surface area contributed by atoms with Crippen molar-refractivity contribution in [3.05, 3.63) is 29.5 Å². The molecule has 2 aromatic rings. The van der Waals surface area contributed by atoms with E-state index in [1.54, 1.807) is 23.7 Å². The van der Waals surface area contributed by atoms with Crippen LogP contribution in [0.25, 0.3) is 0 Å². The van der Waals surface area contributed by atoms with Crippen LogP contribution in [0.1, 0.15) is 32.2 Å². The first-order valence-corrected chi connectivity index (χ1v) is 8.46. The second kappa shape index (κ2) is 6.20. The Morgan fingerprint density at radius 2 is 2.05 bits per heavy atom. The van der Waals surface area contributed by atoms with Crippen LogP contribution < -0.4 is 9.64 Å². The van der Waals surface area contributed by atoms with E-state index in [0.717, 1.165) is 42.0 Å². The molecule has 0 N–H and O–H groups in total. The third-order valence-electron chi connectivity index (χ3n) is 3.75. The van der Waals surface area contributed by atoms with Crippen molar-refractivity contribution in [2.75, 3.05) is 24.6 Å². The molecule has 3 rings (SSSR count). The molecule has 3 heterocycles. The van der Waals surface area contributed by atoms with Crippen molar-refractivity contribution in [3.63, 3.8) is 0 Å². The number of aromatic nitrogens is 3. The number of hydrogen-bond donors (Lipinski definition) is 0. The van der Waals surface area contributed by atoms with Crippen molar-refractivity contribution in [1.82, 2.24) is 15.2 Å². The third-order valence-corrected chi connectivity index (χ3v) is 5.16. The molecule has 0 saturated carbocycles. The summed E-state index contributed by atoms with van der Waals surface area (Å²) in [4.78, 5) is 6.32. The summed E-state index contributed by atoms with van der Waals surface area (Å²) in [5.74, 6) is 1.43. The summed E-state index contributed by atoms with van der Waals surface area (Å²) in [7, 11) is 0. The number of nitrogens with zero attached hydrogens (tertiary/aromatic N) is 4. The molecule has 0 amide bonds. The van der Waals surface area contributed by atoms with E-state index in [1.165, 1.54) is 0 Å². The Labute approximate surface area is 135 Å². The van der Waals surface area contributed by atoms with E-state index in [-0.39, 0.29) is 5.41 Å². The molecule has 1 aliphatic heterocycles. The van der Waals surface area contributed by atoms with Crippen LogP contribution in [0.5, 0.6) is 5.75 Å². The summed E-state index contributed by atoms with van der Waals surface area (Å²) in [5, 5.41) is 10.8. The van der Waals surface area contributed by atoms with Gasteiger partial charge in [-0.15, -0.1) is 10.2 Å². The first-order chi connectivity index (χ1) is 10.5. The topological polar surface area (TPSA) is 51.1 Å². The molecule has 118 valence electrons. The molecular formula is C16H22N4OS. The van der Waals surface area contributed by atoms with Crippen LogP contribution in [-0.2, 0) is 5.41 Å². The quantitative estimate of drug-likeness (QED) is 0.867. The monoisotopic (exact) mass is 318 g/mol. The molecule has 0 spiro atoms. The van der Waals surface area contributed by atoms with Crippen molar-refractivity contribution in [2.45, 2.75) is 32.6 Å². The van der Waals surface area contributed by atoms with E-state index < -0.39 is 0 Å². The van der Waals surface area contributed by atoms with Gasteiger partial charge in [-0.1, -0.05) is 32.1 Å². The Balaban J connectivity index is 1.55. The minimum Gasteiger partial charge on any atom is -0.493 e. The number of pyridine rings is 1. The second-order valence-electron chi connectivity index (χ2n) is 6.73. The summed E-state index contributed by atoms with van der Waals surface area (Å²) in [6.07, 6.45) is 4.65. The first kappa shape index (κ1) is 15.2. The highest BCUT2D eigenvalue weighted by atomic mass is 32.1. The van der Waals surface area contributed by atoms with E-state index in [4.69, 9.17) is 4.74 Å². The van der Waals surface area contributed by atoms with Crippen LogP contribution in [0.4, 0.5) is 5.13 Å². The van der Waals surface area contributed by atoms with Crippen molar-refractivity contribution in [2.24, 2.45) is 5.92 Å². The lowest BCUT2D eigenvalue weighted by Crippen LogP contribution is -2.21. The van der Waals surface area contributed by atoms with Gasteiger partial charge in [-0.3, -0.25) is 4.98 Å². The van der Waals surface area contributed by atoms with Crippen LogP contribution in [0.15, 0.2) is 24.5 Å². The fourth-order valence-electron chi connectivity index (χ4n) is 2.44. The average Bonchev–Trinajstić information content (AvgIpc) is 3.14. The minimum absolute atomic E-state index is 0.0689. The molecule has 1 atom stereocenters. The van der Waals surface area contributed by atoms with Crippen LogP contribution in [-0.4, -0.2) is 34.9 Å². The number of anilines is 1. The Bertz CT molecular complexity index is 608. The van der Waals surface area contributed by atoms with Crippen molar-refractivity contribution in [3.8, 4) is 5.75 Å². The number of ether oxygens (including phenoxy) is 1. The van der Waals surface area contributed by atoms with Crippen LogP contribution in [0, 0.1) is 5.92 Å². The fourth-order valence-corrected chi connectivity index (χ4v) is 3.37. The fraction of sp³-hybridized carbons (Fsp3) is 0.562. The third kappa shape index (κ3) is 3.55. The van der Waals surface area contributed by atoms with Crippen molar-refractivity contribution >= 4 is 16.5 Å². The summed E-state index contributed by atoms with van der Waals surface area (Å²) in [5.41, 5.74) is 0.0689. The zero-order chi connectivity index (χ0) is 15.6. The highest BCUT2D eigenvalue weighted by Gasteiger charge is 2.27. The van der Waals surface area contributed by atoms with E-state index in [0.29, 0.717) is 5.92 Å². The number of hydrogen-bond acceptors (Lipinski definition) is 6. The van der Waals surface area contributed by atoms with Crippen molar-refractivity contribution < 1.29 is 4.74 Å².